The number of amides is 2. The third-order valence-electron chi connectivity index (χ3n) is 7.00. The predicted octanol–water partition coefficient (Wildman–Crippen LogP) is 3.63. The lowest BCUT2D eigenvalue weighted by atomic mass is 9.84. The Morgan fingerprint density at radius 2 is 1.76 bits per heavy atom. The van der Waals surface area contributed by atoms with E-state index in [4.69, 9.17) is 11.6 Å². The van der Waals surface area contributed by atoms with E-state index in [1.807, 2.05) is 46.2 Å². The number of rotatable bonds is 6. The molecule has 0 unspecified atom stereocenters. The van der Waals surface area contributed by atoms with Gasteiger partial charge in [0.25, 0.3) is 0 Å². The molecule has 1 aliphatic heterocycles. The highest BCUT2D eigenvalue weighted by Crippen LogP contribution is 2.34. The number of nitrogens with zero attached hydrogens (tertiary/aromatic N) is 5. The Morgan fingerprint density at radius 1 is 0.939 bits per heavy atom. The van der Waals surface area contributed by atoms with E-state index in [1.165, 1.54) is 0 Å². The van der Waals surface area contributed by atoms with Crippen molar-refractivity contribution in [1.29, 1.82) is 0 Å². The molecular weight excluding hydrogens is 438 g/mol. The van der Waals surface area contributed by atoms with Crippen LogP contribution in [0, 0.1) is 5.92 Å². The minimum Gasteiger partial charge on any atom is -0.353 e. The molecule has 1 saturated heterocycles. The van der Waals surface area contributed by atoms with Crippen molar-refractivity contribution in [3.05, 3.63) is 41.4 Å². The first-order valence-corrected chi connectivity index (χ1v) is 12.4. The minimum absolute atomic E-state index is 0.0663. The van der Waals surface area contributed by atoms with Crippen molar-refractivity contribution >= 4 is 29.2 Å². The summed E-state index contributed by atoms with van der Waals surface area (Å²) < 4.78 is 0. The summed E-state index contributed by atoms with van der Waals surface area (Å²) in [6.07, 6.45) is 6.01. The van der Waals surface area contributed by atoms with Gasteiger partial charge in [0.2, 0.25) is 11.8 Å². The number of carbonyl (C=O) groups excluding carboxylic acids is 2. The molecule has 3 aliphatic rings. The second-order valence-corrected chi connectivity index (χ2v) is 9.71. The number of benzene rings is 1. The predicted molar refractivity (Wildman–Crippen MR) is 128 cm³/mol. The monoisotopic (exact) mass is 467 g/mol. The van der Waals surface area contributed by atoms with Crippen molar-refractivity contribution < 1.29 is 9.59 Å². The van der Waals surface area contributed by atoms with Crippen LogP contribution in [0.5, 0.6) is 0 Å². The summed E-state index contributed by atoms with van der Waals surface area (Å²) in [4.78, 5) is 31.8. The summed E-state index contributed by atoms with van der Waals surface area (Å²) in [6, 6.07) is 11.8. The summed E-state index contributed by atoms with van der Waals surface area (Å²) in [5, 5.41) is 9.47. The topological polar surface area (TPSA) is 69.6 Å². The number of hydrogen-bond acceptors (Lipinski definition) is 5. The molecule has 174 valence electrons. The Labute approximate surface area is 199 Å². The number of carbonyl (C=O) groups is 2. The molecule has 2 heterocycles. The fourth-order valence-electron chi connectivity index (χ4n) is 4.61. The van der Waals surface area contributed by atoms with Crippen molar-refractivity contribution in [3.63, 3.8) is 0 Å². The van der Waals surface area contributed by atoms with Gasteiger partial charge in [-0.3, -0.25) is 9.59 Å². The highest BCUT2D eigenvalue weighted by Gasteiger charge is 2.39. The molecule has 0 spiro atoms. The highest BCUT2D eigenvalue weighted by molar-refractivity contribution is 6.33. The highest BCUT2D eigenvalue weighted by atomic mass is 35.5. The van der Waals surface area contributed by atoms with E-state index in [9.17, 15) is 9.59 Å². The summed E-state index contributed by atoms with van der Waals surface area (Å²) in [5.41, 5.74) is 1.61. The summed E-state index contributed by atoms with van der Waals surface area (Å²) in [7, 11) is 0. The molecule has 1 aromatic carbocycles. The molecule has 0 bridgehead atoms. The standard InChI is InChI=1S/C25H30ClN5O2/c26-21-8-2-1-7-20(21)22-11-12-23(28-27-22)29-13-4-14-30(16-15-29)24(32)17-31(19-9-10-19)25(33)18-5-3-6-18/h1-2,7-8,11-12,18-19H,3-6,9-10,13-17H2. The molecule has 2 saturated carbocycles. The Balaban J connectivity index is 1.19. The molecule has 0 N–H and O–H groups in total. The van der Waals surface area contributed by atoms with Gasteiger partial charge in [0.15, 0.2) is 5.82 Å². The Hall–Kier alpha value is -2.67. The van der Waals surface area contributed by atoms with Crippen LogP contribution in [0.3, 0.4) is 0 Å². The normalized spacial score (nSPS) is 19.1. The van der Waals surface area contributed by atoms with E-state index in [-0.39, 0.29) is 30.3 Å². The van der Waals surface area contributed by atoms with Crippen LogP contribution < -0.4 is 4.90 Å². The van der Waals surface area contributed by atoms with Gasteiger partial charge in [0.05, 0.1) is 10.7 Å². The van der Waals surface area contributed by atoms with E-state index >= 15 is 0 Å². The Bertz CT molecular complexity index is 1010. The second-order valence-electron chi connectivity index (χ2n) is 9.30. The maximum atomic E-state index is 13.1. The van der Waals surface area contributed by atoms with Gasteiger partial charge in [-0.05, 0) is 50.3 Å². The molecule has 3 fully saturated rings. The van der Waals surface area contributed by atoms with Gasteiger partial charge < -0.3 is 14.7 Å². The minimum atomic E-state index is 0.0663. The van der Waals surface area contributed by atoms with Crippen LogP contribution in [0.1, 0.15) is 38.5 Å². The first-order valence-electron chi connectivity index (χ1n) is 12.0. The molecule has 0 radical (unpaired) electrons. The third kappa shape index (κ3) is 4.98. The summed E-state index contributed by atoms with van der Waals surface area (Å²) in [5.74, 6) is 1.21. The van der Waals surface area contributed by atoms with Crippen molar-refractivity contribution in [2.24, 2.45) is 5.92 Å². The molecule has 0 atom stereocenters. The van der Waals surface area contributed by atoms with Crippen LogP contribution >= 0.6 is 11.6 Å². The smallest absolute Gasteiger partial charge is 0.242 e. The molecular formula is C25H30ClN5O2. The average molecular weight is 468 g/mol. The van der Waals surface area contributed by atoms with Gasteiger partial charge in [0.1, 0.15) is 6.54 Å². The maximum absolute atomic E-state index is 13.1. The van der Waals surface area contributed by atoms with E-state index in [0.29, 0.717) is 24.7 Å². The summed E-state index contributed by atoms with van der Waals surface area (Å²) >= 11 is 6.28. The molecule has 33 heavy (non-hydrogen) atoms. The van der Waals surface area contributed by atoms with Crippen LogP contribution in [-0.4, -0.2) is 70.6 Å². The lowest BCUT2D eigenvalue weighted by molar-refractivity contribution is -0.145. The Morgan fingerprint density at radius 3 is 2.42 bits per heavy atom. The zero-order chi connectivity index (χ0) is 22.8. The zero-order valence-electron chi connectivity index (χ0n) is 18.8. The number of hydrogen-bond donors (Lipinski definition) is 0. The van der Waals surface area contributed by atoms with Crippen LogP contribution in [0.15, 0.2) is 36.4 Å². The van der Waals surface area contributed by atoms with Crippen LogP contribution in [0.25, 0.3) is 11.3 Å². The largest absolute Gasteiger partial charge is 0.353 e. The van der Waals surface area contributed by atoms with Gasteiger partial charge >= 0.3 is 0 Å². The number of aromatic nitrogens is 2. The number of anilines is 1. The first-order chi connectivity index (χ1) is 16.1. The van der Waals surface area contributed by atoms with E-state index in [0.717, 1.165) is 62.1 Å². The van der Waals surface area contributed by atoms with Crippen LogP contribution in [-0.2, 0) is 9.59 Å². The van der Waals surface area contributed by atoms with Gasteiger partial charge in [-0.1, -0.05) is 36.2 Å². The number of halogens is 1. The van der Waals surface area contributed by atoms with E-state index < -0.39 is 0 Å². The van der Waals surface area contributed by atoms with Crippen LogP contribution in [0.2, 0.25) is 5.02 Å². The molecule has 5 rings (SSSR count). The molecule has 1 aromatic heterocycles. The van der Waals surface area contributed by atoms with Gasteiger partial charge in [-0.2, -0.15) is 0 Å². The molecule has 7 nitrogen and oxygen atoms in total. The average Bonchev–Trinajstić information content (AvgIpc) is 3.64. The van der Waals surface area contributed by atoms with Gasteiger partial charge in [-0.15, -0.1) is 10.2 Å². The molecule has 2 aliphatic carbocycles. The van der Waals surface area contributed by atoms with Gasteiger partial charge in [-0.25, -0.2) is 0 Å². The SMILES string of the molecule is O=C(CN(C(=O)C1CCC1)C1CC1)N1CCCN(c2ccc(-c3ccccc3Cl)nn2)CC1. The fourth-order valence-corrected chi connectivity index (χ4v) is 4.84. The molecule has 8 heteroatoms. The third-order valence-corrected chi connectivity index (χ3v) is 7.33. The Kier molecular flexibility index (Phi) is 6.49. The lowest BCUT2D eigenvalue weighted by Gasteiger charge is -2.33. The van der Waals surface area contributed by atoms with Crippen molar-refractivity contribution in [2.75, 3.05) is 37.6 Å². The van der Waals surface area contributed by atoms with Crippen LogP contribution in [0.4, 0.5) is 5.82 Å². The van der Waals surface area contributed by atoms with E-state index in [2.05, 4.69) is 15.1 Å². The molecule has 2 amide bonds. The summed E-state index contributed by atoms with van der Waals surface area (Å²) in [6.45, 7) is 3.08. The lowest BCUT2D eigenvalue weighted by Crippen LogP contribution is -2.47. The second kappa shape index (κ2) is 9.67. The zero-order valence-corrected chi connectivity index (χ0v) is 19.6. The van der Waals surface area contributed by atoms with Crippen molar-refractivity contribution in [3.8, 4) is 11.3 Å². The van der Waals surface area contributed by atoms with Crippen molar-refractivity contribution in [2.45, 2.75) is 44.6 Å². The maximum Gasteiger partial charge on any atom is 0.242 e. The fraction of sp³-hybridized carbons (Fsp3) is 0.520. The first kappa shape index (κ1) is 22.1. The van der Waals surface area contributed by atoms with Gasteiger partial charge in [0, 0.05) is 43.7 Å². The van der Waals surface area contributed by atoms with E-state index in [1.54, 1.807) is 0 Å². The quantitative estimate of drug-likeness (QED) is 0.648. The molecule has 2 aromatic rings. The van der Waals surface area contributed by atoms with Crippen molar-refractivity contribution in [1.82, 2.24) is 20.0 Å².